The number of hydrogen-bond donors (Lipinski definition) is 0. The van der Waals surface area contributed by atoms with E-state index in [9.17, 15) is 13.2 Å². The third kappa shape index (κ3) is 3.88. The van der Waals surface area contributed by atoms with E-state index in [4.69, 9.17) is 9.72 Å². The van der Waals surface area contributed by atoms with Crippen LogP contribution in [0, 0.1) is 6.92 Å². The maximum atomic E-state index is 13.7. The largest absolute Gasteiger partial charge is 0.479 e. The van der Waals surface area contributed by atoms with Crippen LogP contribution in [-0.2, 0) is 12.7 Å². The second-order valence-electron chi connectivity index (χ2n) is 8.10. The Morgan fingerprint density at radius 2 is 1.85 bits per heavy atom. The Balaban J connectivity index is 1.55. The zero-order valence-corrected chi connectivity index (χ0v) is 18.2. The average Bonchev–Trinajstić information content (AvgIpc) is 3.44. The van der Waals surface area contributed by atoms with Crippen molar-refractivity contribution in [2.75, 3.05) is 7.11 Å². The van der Waals surface area contributed by atoms with Crippen molar-refractivity contribution in [1.29, 1.82) is 0 Å². The number of alkyl halides is 3. The number of aromatic nitrogens is 5. The number of methoxy groups -OCH3 is 1. The van der Waals surface area contributed by atoms with Crippen LogP contribution >= 0.6 is 0 Å². The molecule has 0 aliphatic carbocycles. The van der Waals surface area contributed by atoms with Crippen LogP contribution in [0.4, 0.5) is 13.2 Å². The highest BCUT2D eigenvalue weighted by molar-refractivity contribution is 5.59. The third-order valence-corrected chi connectivity index (χ3v) is 5.94. The van der Waals surface area contributed by atoms with Crippen LogP contribution in [0.5, 0.6) is 5.88 Å². The van der Waals surface area contributed by atoms with E-state index in [1.54, 1.807) is 25.6 Å². The van der Waals surface area contributed by atoms with Crippen molar-refractivity contribution in [3.63, 3.8) is 0 Å². The summed E-state index contributed by atoms with van der Waals surface area (Å²) >= 11 is 0. The fourth-order valence-electron chi connectivity index (χ4n) is 4.43. The molecule has 0 unspecified atom stereocenters. The Kier molecular flexibility index (Phi) is 5.19. The van der Waals surface area contributed by atoms with E-state index in [1.807, 2.05) is 40.6 Å². The number of rotatable bonds is 4. The molecule has 9 heteroatoms. The molecule has 6 nitrogen and oxygen atoms in total. The number of halogens is 3. The van der Waals surface area contributed by atoms with Gasteiger partial charge in [-0.3, -0.25) is 0 Å². The van der Waals surface area contributed by atoms with Crippen LogP contribution in [0.3, 0.4) is 0 Å². The average molecular weight is 453 g/mol. The molecule has 0 amide bonds. The number of ether oxygens (including phenoxy) is 1. The molecule has 0 bridgehead atoms. The van der Waals surface area contributed by atoms with Crippen LogP contribution in [0.2, 0.25) is 0 Å². The molecule has 4 aromatic rings. The van der Waals surface area contributed by atoms with Gasteiger partial charge in [-0.1, -0.05) is 18.2 Å². The Morgan fingerprint density at radius 1 is 1.03 bits per heavy atom. The van der Waals surface area contributed by atoms with Crippen LogP contribution < -0.4 is 4.74 Å². The van der Waals surface area contributed by atoms with Crippen molar-refractivity contribution in [2.45, 2.75) is 38.4 Å². The molecule has 5 rings (SSSR count). The van der Waals surface area contributed by atoms with Gasteiger partial charge in [0.1, 0.15) is 17.2 Å². The SMILES string of the molecule is COc1nc(-c2cn3c(n2)[C@H](c2ccccc2C(F)(F)F)CCC3)ccc1-n1cnc(C)c1. The van der Waals surface area contributed by atoms with Crippen molar-refractivity contribution in [2.24, 2.45) is 0 Å². The molecule has 0 spiro atoms. The van der Waals surface area contributed by atoms with Gasteiger partial charge in [0.25, 0.3) is 0 Å². The Labute approximate surface area is 188 Å². The topological polar surface area (TPSA) is 57.8 Å². The second-order valence-corrected chi connectivity index (χ2v) is 8.10. The summed E-state index contributed by atoms with van der Waals surface area (Å²) in [5.74, 6) is 0.610. The predicted molar refractivity (Wildman–Crippen MR) is 116 cm³/mol. The number of aryl methyl sites for hydroxylation is 2. The zero-order chi connectivity index (χ0) is 23.2. The maximum absolute atomic E-state index is 13.7. The molecule has 4 heterocycles. The van der Waals surface area contributed by atoms with Gasteiger partial charge in [0.15, 0.2) is 0 Å². The summed E-state index contributed by atoms with van der Waals surface area (Å²) in [5, 5.41) is 0. The highest BCUT2D eigenvalue weighted by Crippen LogP contribution is 2.41. The van der Waals surface area contributed by atoms with Gasteiger partial charge in [-0.25, -0.2) is 15.0 Å². The van der Waals surface area contributed by atoms with Crippen LogP contribution in [0.1, 0.15) is 41.4 Å². The third-order valence-electron chi connectivity index (χ3n) is 5.94. The summed E-state index contributed by atoms with van der Waals surface area (Å²) in [4.78, 5) is 13.6. The summed E-state index contributed by atoms with van der Waals surface area (Å²) in [6, 6.07) is 9.47. The molecule has 1 aromatic carbocycles. The lowest BCUT2D eigenvalue weighted by Crippen LogP contribution is -2.20. The highest BCUT2D eigenvalue weighted by atomic mass is 19.4. The smallest absolute Gasteiger partial charge is 0.416 e. The predicted octanol–water partition coefficient (Wildman–Crippen LogP) is 5.39. The lowest BCUT2D eigenvalue weighted by atomic mass is 9.87. The molecule has 0 saturated heterocycles. The molecule has 1 atom stereocenters. The van der Waals surface area contributed by atoms with E-state index in [0.717, 1.165) is 23.9 Å². The standard InChI is InChI=1S/C24H22F3N5O/c1-15-12-32(14-28-15)21-10-9-19(30-23(21)33-2)20-13-31-11-5-7-17(22(31)29-20)16-6-3-4-8-18(16)24(25,26)27/h3-4,6,8-10,12-14,17H,5,7,11H2,1-2H3/t17-/m0/s1. The van der Waals surface area contributed by atoms with Gasteiger partial charge in [0.05, 0.1) is 30.4 Å². The summed E-state index contributed by atoms with van der Waals surface area (Å²) in [6.45, 7) is 2.60. The van der Waals surface area contributed by atoms with Gasteiger partial charge in [-0.15, -0.1) is 0 Å². The summed E-state index contributed by atoms with van der Waals surface area (Å²) in [7, 11) is 1.54. The van der Waals surface area contributed by atoms with Crippen LogP contribution in [-0.4, -0.2) is 31.2 Å². The normalized spacial score (nSPS) is 16.0. The van der Waals surface area contributed by atoms with Crippen LogP contribution in [0.25, 0.3) is 17.1 Å². The molecule has 0 fully saturated rings. The fourth-order valence-corrected chi connectivity index (χ4v) is 4.43. The summed E-state index contributed by atoms with van der Waals surface area (Å²) in [5.41, 5.74) is 2.47. The van der Waals surface area contributed by atoms with Gasteiger partial charge < -0.3 is 13.9 Å². The molecule has 0 radical (unpaired) electrons. The minimum Gasteiger partial charge on any atom is -0.479 e. The van der Waals surface area contributed by atoms with Crippen molar-refractivity contribution < 1.29 is 17.9 Å². The number of nitrogens with zero attached hydrogens (tertiary/aromatic N) is 5. The van der Waals surface area contributed by atoms with Gasteiger partial charge in [0.2, 0.25) is 5.88 Å². The molecule has 170 valence electrons. The van der Waals surface area contributed by atoms with Crippen molar-refractivity contribution in [1.82, 2.24) is 24.1 Å². The summed E-state index contributed by atoms with van der Waals surface area (Å²) < 4.78 is 50.2. The van der Waals surface area contributed by atoms with Gasteiger partial charge >= 0.3 is 6.18 Å². The number of benzene rings is 1. The fraction of sp³-hybridized carbons (Fsp3) is 0.292. The molecule has 1 aliphatic heterocycles. The minimum absolute atomic E-state index is 0.263. The second kappa shape index (κ2) is 8.06. The monoisotopic (exact) mass is 453 g/mol. The Bertz CT molecular complexity index is 1310. The Hall–Kier alpha value is -3.62. The first-order chi connectivity index (χ1) is 15.8. The first kappa shape index (κ1) is 21.2. The highest BCUT2D eigenvalue weighted by Gasteiger charge is 2.37. The number of pyridine rings is 1. The number of imidazole rings is 2. The van der Waals surface area contributed by atoms with E-state index >= 15 is 0 Å². The van der Waals surface area contributed by atoms with E-state index in [0.29, 0.717) is 36.1 Å². The molecule has 33 heavy (non-hydrogen) atoms. The number of hydrogen-bond acceptors (Lipinski definition) is 4. The first-order valence-electron chi connectivity index (χ1n) is 10.6. The molecule has 0 saturated carbocycles. The Morgan fingerprint density at radius 3 is 2.58 bits per heavy atom. The van der Waals surface area contributed by atoms with E-state index in [2.05, 4.69) is 9.97 Å². The molecular weight excluding hydrogens is 431 g/mol. The van der Waals surface area contributed by atoms with Crippen LogP contribution in [0.15, 0.2) is 55.1 Å². The van der Waals surface area contributed by atoms with Gasteiger partial charge in [-0.2, -0.15) is 13.2 Å². The number of fused-ring (bicyclic) bond motifs is 1. The van der Waals surface area contributed by atoms with E-state index in [1.165, 1.54) is 6.07 Å². The maximum Gasteiger partial charge on any atom is 0.416 e. The summed E-state index contributed by atoms with van der Waals surface area (Å²) in [6.07, 6.45) is 2.39. The zero-order valence-electron chi connectivity index (χ0n) is 18.2. The lowest BCUT2D eigenvalue weighted by Gasteiger charge is -2.26. The van der Waals surface area contributed by atoms with Gasteiger partial charge in [-0.05, 0) is 43.5 Å². The molecule has 3 aromatic heterocycles. The van der Waals surface area contributed by atoms with Crippen molar-refractivity contribution >= 4 is 0 Å². The van der Waals surface area contributed by atoms with Gasteiger partial charge in [0, 0.05) is 24.9 Å². The minimum atomic E-state index is -4.41. The lowest BCUT2D eigenvalue weighted by molar-refractivity contribution is -0.138. The van der Waals surface area contributed by atoms with E-state index < -0.39 is 17.7 Å². The molecular formula is C24H22F3N5O. The van der Waals surface area contributed by atoms with Crippen molar-refractivity contribution in [3.8, 4) is 23.0 Å². The quantitative estimate of drug-likeness (QED) is 0.416. The van der Waals surface area contributed by atoms with Crippen molar-refractivity contribution in [3.05, 3.63) is 77.8 Å². The molecule has 1 aliphatic rings. The first-order valence-corrected chi connectivity index (χ1v) is 10.6. The molecule has 0 N–H and O–H groups in total. The van der Waals surface area contributed by atoms with E-state index in [-0.39, 0.29) is 5.56 Å².